The largest absolute Gasteiger partial charge is 0.491 e. The predicted octanol–water partition coefficient (Wildman–Crippen LogP) is 3.47. The molecule has 0 saturated heterocycles. The van der Waals surface area contributed by atoms with Gasteiger partial charge >= 0.3 is 0 Å². The molecule has 0 bridgehead atoms. The molecule has 5 nitrogen and oxygen atoms in total. The summed E-state index contributed by atoms with van der Waals surface area (Å²) in [6.07, 6.45) is 0.118. The second-order valence-corrected chi connectivity index (χ2v) is 6.53. The Balaban J connectivity index is 1.90. The van der Waals surface area contributed by atoms with Crippen LogP contribution in [0.25, 0.3) is 0 Å². The highest BCUT2D eigenvalue weighted by atomic mass is 16.5. The van der Waals surface area contributed by atoms with Gasteiger partial charge in [0.05, 0.1) is 12.1 Å². The molecule has 26 heavy (non-hydrogen) atoms. The number of nitrogens with one attached hydrogen (secondary N) is 2. The Morgan fingerprint density at radius 2 is 1.46 bits per heavy atom. The number of rotatable bonds is 7. The van der Waals surface area contributed by atoms with E-state index in [9.17, 15) is 9.59 Å². The minimum absolute atomic E-state index is 0.118. The predicted molar refractivity (Wildman–Crippen MR) is 102 cm³/mol. The quantitative estimate of drug-likeness (QED) is 0.800. The Labute approximate surface area is 154 Å². The van der Waals surface area contributed by atoms with Gasteiger partial charge in [-0.3, -0.25) is 9.59 Å². The van der Waals surface area contributed by atoms with E-state index in [4.69, 9.17) is 4.74 Å². The van der Waals surface area contributed by atoms with Gasteiger partial charge in [-0.1, -0.05) is 30.3 Å². The van der Waals surface area contributed by atoms with E-state index >= 15 is 0 Å². The van der Waals surface area contributed by atoms with Crippen LogP contribution in [0.2, 0.25) is 0 Å². The summed E-state index contributed by atoms with van der Waals surface area (Å²) in [5.41, 5.74) is 1.50. The first-order valence-electron chi connectivity index (χ1n) is 8.79. The van der Waals surface area contributed by atoms with Crippen molar-refractivity contribution in [2.45, 2.75) is 45.9 Å². The van der Waals surface area contributed by atoms with E-state index in [0.717, 1.165) is 11.3 Å². The third kappa shape index (κ3) is 5.62. The van der Waals surface area contributed by atoms with Crippen LogP contribution in [0.15, 0.2) is 54.6 Å². The summed E-state index contributed by atoms with van der Waals surface area (Å²) in [5.74, 6) is 0.297. The topological polar surface area (TPSA) is 67.4 Å². The van der Waals surface area contributed by atoms with Crippen molar-refractivity contribution in [1.82, 2.24) is 10.6 Å². The van der Waals surface area contributed by atoms with Crippen LogP contribution in [0.5, 0.6) is 5.75 Å². The fourth-order valence-corrected chi connectivity index (χ4v) is 2.46. The van der Waals surface area contributed by atoms with Crippen LogP contribution in [0.3, 0.4) is 0 Å². The Kier molecular flexibility index (Phi) is 6.78. The summed E-state index contributed by atoms with van der Waals surface area (Å²) >= 11 is 0. The molecular weight excluding hydrogens is 328 g/mol. The molecule has 2 N–H and O–H groups in total. The number of hydrogen-bond donors (Lipinski definition) is 2. The fourth-order valence-electron chi connectivity index (χ4n) is 2.46. The highest BCUT2D eigenvalue weighted by Crippen LogP contribution is 2.18. The first kappa shape index (κ1) is 19.5. The molecule has 138 valence electrons. The molecule has 2 rings (SSSR count). The third-order valence-electron chi connectivity index (χ3n) is 3.89. The Morgan fingerprint density at radius 1 is 0.846 bits per heavy atom. The zero-order chi connectivity index (χ0) is 19.1. The van der Waals surface area contributed by atoms with E-state index in [1.807, 2.05) is 51.1 Å². The molecule has 0 spiro atoms. The number of amides is 2. The molecule has 2 atom stereocenters. The lowest BCUT2D eigenvalue weighted by atomic mass is 10.1. The zero-order valence-corrected chi connectivity index (χ0v) is 15.7. The Bertz CT molecular complexity index is 727. The van der Waals surface area contributed by atoms with Gasteiger partial charge in [0, 0.05) is 5.56 Å². The first-order valence-corrected chi connectivity index (χ1v) is 8.79. The van der Waals surface area contributed by atoms with Crippen molar-refractivity contribution in [1.29, 1.82) is 0 Å². The van der Waals surface area contributed by atoms with Crippen molar-refractivity contribution >= 4 is 11.8 Å². The summed E-state index contributed by atoms with van der Waals surface area (Å²) < 4.78 is 5.62. The molecular formula is C21H26N2O3. The van der Waals surface area contributed by atoms with Gasteiger partial charge in [-0.25, -0.2) is 0 Å². The van der Waals surface area contributed by atoms with Crippen LogP contribution >= 0.6 is 0 Å². The van der Waals surface area contributed by atoms with Crippen molar-refractivity contribution < 1.29 is 14.3 Å². The monoisotopic (exact) mass is 354 g/mol. The molecule has 0 aliphatic rings. The van der Waals surface area contributed by atoms with E-state index in [1.54, 1.807) is 31.2 Å². The fraction of sp³-hybridized carbons (Fsp3) is 0.333. The van der Waals surface area contributed by atoms with Gasteiger partial charge in [0.1, 0.15) is 11.8 Å². The second kappa shape index (κ2) is 9.04. The smallest absolute Gasteiger partial charge is 0.251 e. The van der Waals surface area contributed by atoms with Crippen LogP contribution in [0.1, 0.15) is 49.7 Å². The van der Waals surface area contributed by atoms with Gasteiger partial charge < -0.3 is 15.4 Å². The minimum atomic E-state index is -0.631. The Morgan fingerprint density at radius 3 is 2.04 bits per heavy atom. The van der Waals surface area contributed by atoms with Gasteiger partial charge in [0.2, 0.25) is 5.91 Å². The van der Waals surface area contributed by atoms with Gasteiger partial charge in [0.15, 0.2) is 0 Å². The van der Waals surface area contributed by atoms with E-state index < -0.39 is 6.04 Å². The van der Waals surface area contributed by atoms with Crippen molar-refractivity contribution in [3.05, 3.63) is 65.7 Å². The molecule has 5 heteroatoms. The van der Waals surface area contributed by atoms with Crippen LogP contribution in [0.4, 0.5) is 0 Å². The highest BCUT2D eigenvalue weighted by Gasteiger charge is 2.18. The third-order valence-corrected chi connectivity index (χ3v) is 3.89. The lowest BCUT2D eigenvalue weighted by molar-refractivity contribution is -0.123. The molecule has 0 heterocycles. The molecule has 0 saturated carbocycles. The highest BCUT2D eigenvalue weighted by molar-refractivity contribution is 5.97. The number of benzene rings is 2. The maximum Gasteiger partial charge on any atom is 0.251 e. The molecule has 2 unspecified atom stereocenters. The van der Waals surface area contributed by atoms with E-state index in [0.29, 0.717) is 5.56 Å². The number of ether oxygens (including phenoxy) is 1. The molecule has 0 aromatic heterocycles. The summed E-state index contributed by atoms with van der Waals surface area (Å²) in [6.45, 7) is 7.52. The van der Waals surface area contributed by atoms with Gasteiger partial charge in [-0.15, -0.1) is 0 Å². The SMILES string of the molecule is CC(C)Oc1ccc(C(C)NC(=O)C(C)NC(=O)c2ccccc2)cc1. The van der Waals surface area contributed by atoms with Crippen LogP contribution in [-0.4, -0.2) is 24.0 Å². The average molecular weight is 354 g/mol. The van der Waals surface area contributed by atoms with Crippen LogP contribution in [-0.2, 0) is 4.79 Å². The van der Waals surface area contributed by atoms with Crippen LogP contribution < -0.4 is 15.4 Å². The summed E-state index contributed by atoms with van der Waals surface area (Å²) in [6, 6.07) is 15.7. The lowest BCUT2D eigenvalue weighted by Gasteiger charge is -2.19. The first-order chi connectivity index (χ1) is 12.4. The van der Waals surface area contributed by atoms with Crippen molar-refractivity contribution in [2.75, 3.05) is 0 Å². The molecule has 0 aliphatic carbocycles. The van der Waals surface area contributed by atoms with Crippen molar-refractivity contribution in [3.63, 3.8) is 0 Å². The molecule has 2 aromatic rings. The van der Waals surface area contributed by atoms with E-state index in [1.165, 1.54) is 0 Å². The Hall–Kier alpha value is -2.82. The summed E-state index contributed by atoms with van der Waals surface area (Å²) in [4.78, 5) is 24.5. The van der Waals surface area contributed by atoms with E-state index in [-0.39, 0.29) is 24.0 Å². The normalized spacial score (nSPS) is 13.0. The average Bonchev–Trinajstić information content (AvgIpc) is 2.62. The maximum atomic E-state index is 12.4. The molecule has 2 amide bonds. The lowest BCUT2D eigenvalue weighted by Crippen LogP contribution is -2.45. The number of carbonyl (C=O) groups excluding carboxylic acids is 2. The maximum absolute atomic E-state index is 12.4. The van der Waals surface area contributed by atoms with Gasteiger partial charge in [0.25, 0.3) is 5.91 Å². The number of hydrogen-bond acceptors (Lipinski definition) is 3. The van der Waals surface area contributed by atoms with Crippen LogP contribution in [0, 0.1) is 0 Å². The molecule has 0 fully saturated rings. The van der Waals surface area contributed by atoms with Gasteiger partial charge in [-0.05, 0) is 57.5 Å². The van der Waals surface area contributed by atoms with Gasteiger partial charge in [-0.2, -0.15) is 0 Å². The molecule has 2 aromatic carbocycles. The minimum Gasteiger partial charge on any atom is -0.491 e. The number of carbonyl (C=O) groups is 2. The second-order valence-electron chi connectivity index (χ2n) is 6.53. The zero-order valence-electron chi connectivity index (χ0n) is 15.7. The standard InChI is InChI=1S/C21H26N2O3/c1-14(2)26-19-12-10-17(11-13-19)15(3)22-20(24)16(4)23-21(25)18-8-6-5-7-9-18/h5-16H,1-4H3,(H,22,24)(H,23,25). The molecule has 0 aliphatic heterocycles. The van der Waals surface area contributed by atoms with Crippen molar-refractivity contribution in [3.8, 4) is 5.75 Å². The summed E-state index contributed by atoms with van der Waals surface area (Å²) in [5, 5.41) is 5.63. The van der Waals surface area contributed by atoms with E-state index in [2.05, 4.69) is 10.6 Å². The van der Waals surface area contributed by atoms with Crippen molar-refractivity contribution in [2.24, 2.45) is 0 Å². The molecule has 0 radical (unpaired) electrons. The summed E-state index contributed by atoms with van der Waals surface area (Å²) in [7, 11) is 0.